The van der Waals surface area contributed by atoms with Crippen LogP contribution in [0.2, 0.25) is 0 Å². The first kappa shape index (κ1) is 22.5. The van der Waals surface area contributed by atoms with E-state index in [-0.39, 0.29) is 24.0 Å². The Morgan fingerprint density at radius 2 is 1.93 bits per heavy atom. The van der Waals surface area contributed by atoms with Gasteiger partial charge in [-0.1, -0.05) is 25.1 Å². The van der Waals surface area contributed by atoms with Crippen LogP contribution in [0.25, 0.3) is 0 Å². The van der Waals surface area contributed by atoms with Gasteiger partial charge in [0.05, 0.1) is 6.10 Å². The Labute approximate surface area is 162 Å². The van der Waals surface area contributed by atoms with Gasteiger partial charge >= 0.3 is 18.5 Å². The predicted octanol–water partition coefficient (Wildman–Crippen LogP) is 4.21. The van der Waals surface area contributed by atoms with E-state index < -0.39 is 41.7 Å². The number of rotatable bonds is 9. The SMILES string of the molecule is CCC(Cc1cccc(OC(F)(F)C(F)F)c1)(C(=O)O)C(O)c1ccc(F)nc1. The zero-order valence-electron chi connectivity index (χ0n) is 15.2. The molecule has 10 heteroatoms. The molecule has 0 saturated carbocycles. The highest BCUT2D eigenvalue weighted by Gasteiger charge is 2.46. The lowest BCUT2D eigenvalue weighted by Crippen LogP contribution is -2.39. The monoisotopic (exact) mass is 419 g/mol. The number of halogens is 5. The van der Waals surface area contributed by atoms with E-state index in [0.717, 1.165) is 24.4 Å². The number of aromatic nitrogens is 1. The Morgan fingerprint density at radius 3 is 2.45 bits per heavy atom. The van der Waals surface area contributed by atoms with Crippen LogP contribution >= 0.6 is 0 Å². The summed E-state index contributed by atoms with van der Waals surface area (Å²) in [5, 5.41) is 20.5. The van der Waals surface area contributed by atoms with Crippen molar-refractivity contribution >= 4 is 5.97 Å². The van der Waals surface area contributed by atoms with Crippen LogP contribution in [-0.2, 0) is 11.2 Å². The molecule has 1 aromatic carbocycles. The summed E-state index contributed by atoms with van der Waals surface area (Å²) in [7, 11) is 0. The molecule has 2 N–H and O–H groups in total. The van der Waals surface area contributed by atoms with Crippen LogP contribution in [0.5, 0.6) is 5.75 Å². The van der Waals surface area contributed by atoms with Crippen molar-refractivity contribution in [3.05, 3.63) is 59.7 Å². The van der Waals surface area contributed by atoms with Gasteiger partial charge in [-0.15, -0.1) is 0 Å². The van der Waals surface area contributed by atoms with Crippen LogP contribution < -0.4 is 4.74 Å². The van der Waals surface area contributed by atoms with Crippen molar-refractivity contribution < 1.29 is 41.7 Å². The molecule has 0 aliphatic heterocycles. The smallest absolute Gasteiger partial charge is 0.461 e. The van der Waals surface area contributed by atoms with Crippen LogP contribution in [0.1, 0.15) is 30.6 Å². The summed E-state index contributed by atoms with van der Waals surface area (Å²) in [4.78, 5) is 15.4. The minimum Gasteiger partial charge on any atom is -0.481 e. The number of carboxylic acids is 1. The van der Waals surface area contributed by atoms with E-state index in [2.05, 4.69) is 9.72 Å². The first-order valence-corrected chi connectivity index (χ1v) is 8.48. The first-order chi connectivity index (χ1) is 13.5. The van der Waals surface area contributed by atoms with Crippen molar-refractivity contribution in [2.45, 2.75) is 38.4 Å². The largest absolute Gasteiger partial charge is 0.481 e. The standard InChI is InChI=1S/C19H18F5NO4/c1-2-18(17(27)28,15(26)12-6-7-14(20)25-10-12)9-11-4-3-5-13(8-11)29-19(23,24)16(21)22/h3-8,10,15-16,26H,2,9H2,1H3,(H,27,28). The Morgan fingerprint density at radius 1 is 1.24 bits per heavy atom. The normalized spacial score (nSPS) is 15.0. The van der Waals surface area contributed by atoms with E-state index in [4.69, 9.17) is 0 Å². The summed E-state index contributed by atoms with van der Waals surface area (Å²) in [5.41, 5.74) is -1.61. The number of ether oxygens (including phenoxy) is 1. The Bertz CT molecular complexity index is 847. The molecule has 2 atom stereocenters. The van der Waals surface area contributed by atoms with E-state index >= 15 is 0 Å². The van der Waals surface area contributed by atoms with E-state index in [1.807, 2.05) is 0 Å². The average molecular weight is 419 g/mol. The molecular weight excluding hydrogens is 401 g/mol. The summed E-state index contributed by atoms with van der Waals surface area (Å²) in [6.07, 6.45) is -9.80. The second-order valence-electron chi connectivity index (χ2n) is 6.42. The molecule has 0 radical (unpaired) electrons. The molecule has 29 heavy (non-hydrogen) atoms. The Kier molecular flexibility index (Phi) is 6.78. The van der Waals surface area contributed by atoms with Crippen molar-refractivity contribution in [1.82, 2.24) is 4.98 Å². The zero-order valence-corrected chi connectivity index (χ0v) is 15.2. The van der Waals surface area contributed by atoms with Crippen molar-refractivity contribution in [3.8, 4) is 5.75 Å². The fourth-order valence-corrected chi connectivity index (χ4v) is 2.91. The minimum atomic E-state index is -4.72. The van der Waals surface area contributed by atoms with Gasteiger partial charge in [0.15, 0.2) is 0 Å². The molecule has 0 saturated heterocycles. The van der Waals surface area contributed by atoms with Crippen LogP contribution in [-0.4, -0.2) is 33.7 Å². The number of hydrogen-bond donors (Lipinski definition) is 2. The summed E-state index contributed by atoms with van der Waals surface area (Å²) >= 11 is 0. The van der Waals surface area contributed by atoms with Crippen molar-refractivity contribution in [3.63, 3.8) is 0 Å². The number of pyridine rings is 1. The first-order valence-electron chi connectivity index (χ1n) is 8.48. The second-order valence-corrected chi connectivity index (χ2v) is 6.42. The number of carboxylic acid groups (broad SMARTS) is 1. The Balaban J connectivity index is 2.37. The van der Waals surface area contributed by atoms with Crippen LogP contribution in [0.3, 0.4) is 0 Å². The number of alkyl halides is 4. The fraction of sp³-hybridized carbons (Fsp3) is 0.368. The van der Waals surface area contributed by atoms with Crippen molar-refractivity contribution in [2.75, 3.05) is 0 Å². The van der Waals surface area contributed by atoms with Gasteiger partial charge in [0.25, 0.3) is 0 Å². The van der Waals surface area contributed by atoms with Gasteiger partial charge in [0, 0.05) is 11.8 Å². The molecule has 0 aliphatic carbocycles. The molecule has 158 valence electrons. The average Bonchev–Trinajstić information content (AvgIpc) is 2.65. The van der Waals surface area contributed by atoms with E-state index in [9.17, 15) is 37.0 Å². The van der Waals surface area contributed by atoms with Gasteiger partial charge in [0.2, 0.25) is 5.95 Å². The van der Waals surface area contributed by atoms with E-state index in [0.29, 0.717) is 0 Å². The molecule has 0 amide bonds. The summed E-state index contributed by atoms with van der Waals surface area (Å²) in [6.45, 7) is 1.50. The lowest BCUT2D eigenvalue weighted by atomic mass is 9.72. The van der Waals surface area contributed by atoms with Gasteiger partial charge in [-0.3, -0.25) is 4.79 Å². The maximum atomic E-state index is 13.1. The third-order valence-corrected chi connectivity index (χ3v) is 4.57. The van der Waals surface area contributed by atoms with Gasteiger partial charge in [-0.25, -0.2) is 4.98 Å². The van der Waals surface area contributed by atoms with Crippen LogP contribution in [0.15, 0.2) is 42.6 Å². The molecule has 2 unspecified atom stereocenters. The lowest BCUT2D eigenvalue weighted by molar-refractivity contribution is -0.253. The second kappa shape index (κ2) is 8.73. The molecule has 2 rings (SSSR count). The maximum absolute atomic E-state index is 13.1. The molecule has 0 bridgehead atoms. The van der Waals surface area contributed by atoms with Crippen LogP contribution in [0, 0.1) is 11.4 Å². The summed E-state index contributed by atoms with van der Waals surface area (Å²) in [5.74, 6) is -2.79. The number of aliphatic carboxylic acids is 1. The molecule has 0 spiro atoms. The number of carbonyl (C=O) groups is 1. The maximum Gasteiger partial charge on any atom is 0.461 e. The molecule has 0 aliphatic rings. The highest BCUT2D eigenvalue weighted by Crippen LogP contribution is 2.41. The molecule has 2 aromatic rings. The van der Waals surface area contributed by atoms with Gasteiger partial charge < -0.3 is 14.9 Å². The van der Waals surface area contributed by atoms with Crippen LogP contribution in [0.4, 0.5) is 22.0 Å². The zero-order chi connectivity index (χ0) is 21.8. The summed E-state index contributed by atoms with van der Waals surface area (Å²) < 4.78 is 68.0. The molecule has 0 fully saturated rings. The third-order valence-electron chi connectivity index (χ3n) is 4.57. The quantitative estimate of drug-likeness (QED) is 0.470. The van der Waals surface area contributed by atoms with E-state index in [1.54, 1.807) is 0 Å². The molecule has 1 heterocycles. The van der Waals surface area contributed by atoms with E-state index in [1.165, 1.54) is 25.1 Å². The fourth-order valence-electron chi connectivity index (χ4n) is 2.91. The summed E-state index contributed by atoms with van der Waals surface area (Å²) in [6, 6.07) is 6.79. The molecule has 1 aromatic heterocycles. The lowest BCUT2D eigenvalue weighted by Gasteiger charge is -2.33. The number of nitrogens with zero attached hydrogens (tertiary/aromatic N) is 1. The molecule has 5 nitrogen and oxygen atoms in total. The van der Waals surface area contributed by atoms with Crippen molar-refractivity contribution in [2.24, 2.45) is 5.41 Å². The Hall–Kier alpha value is -2.75. The molecular formula is C19H18F5NO4. The number of hydrogen-bond acceptors (Lipinski definition) is 4. The minimum absolute atomic E-state index is 0.0484. The highest BCUT2D eigenvalue weighted by molar-refractivity contribution is 5.76. The van der Waals surface area contributed by atoms with Gasteiger partial charge in [-0.05, 0) is 36.6 Å². The van der Waals surface area contributed by atoms with Crippen molar-refractivity contribution in [1.29, 1.82) is 0 Å². The van der Waals surface area contributed by atoms with Gasteiger partial charge in [-0.2, -0.15) is 22.0 Å². The predicted molar refractivity (Wildman–Crippen MR) is 91.2 cm³/mol. The number of aliphatic hydroxyl groups is 1. The highest BCUT2D eigenvalue weighted by atomic mass is 19.3. The van der Waals surface area contributed by atoms with Gasteiger partial charge in [0.1, 0.15) is 11.2 Å². The number of aliphatic hydroxyl groups excluding tert-OH is 1. The number of benzene rings is 1. The third kappa shape index (κ3) is 5.00. The topological polar surface area (TPSA) is 79.7 Å².